The number of hydrogen-bond donors (Lipinski definition) is 1. The zero-order valence-corrected chi connectivity index (χ0v) is 17.0. The molecule has 0 saturated heterocycles. The Labute approximate surface area is 168 Å². The first-order chi connectivity index (χ1) is 13.6. The summed E-state index contributed by atoms with van der Waals surface area (Å²) in [6.07, 6.45) is 1.64. The van der Waals surface area contributed by atoms with Crippen LogP contribution >= 0.6 is 11.8 Å². The molecule has 0 aliphatic rings. The molecule has 1 amide bonds. The van der Waals surface area contributed by atoms with E-state index >= 15 is 0 Å². The summed E-state index contributed by atoms with van der Waals surface area (Å²) in [4.78, 5) is 12.3. The SMILES string of the molecule is COCCNC(=O)[C@H](C)Sc1nnc(-c2cccc(C)c2)n1Cc1ccco1. The van der Waals surface area contributed by atoms with Crippen molar-refractivity contribution in [2.24, 2.45) is 0 Å². The molecule has 1 aromatic carbocycles. The Kier molecular flexibility index (Phi) is 6.89. The standard InChI is InChI=1S/C20H24N4O3S/c1-14-6-4-7-16(12-14)18-22-23-20(24(18)13-17-8-5-10-27-17)28-15(2)19(25)21-9-11-26-3/h4-8,10,12,15H,9,11,13H2,1-3H3,(H,21,25)/t15-/m0/s1. The third-order valence-electron chi connectivity index (χ3n) is 4.14. The number of nitrogens with zero attached hydrogens (tertiary/aromatic N) is 3. The molecular weight excluding hydrogens is 376 g/mol. The number of carbonyl (C=O) groups excluding carboxylic acids is 1. The minimum absolute atomic E-state index is 0.0632. The van der Waals surface area contributed by atoms with Gasteiger partial charge in [-0.2, -0.15) is 0 Å². The number of thioether (sulfide) groups is 1. The third kappa shape index (κ3) is 5.02. The van der Waals surface area contributed by atoms with Gasteiger partial charge >= 0.3 is 0 Å². The molecule has 0 spiro atoms. The molecular formula is C20H24N4O3S. The number of furan rings is 1. The Balaban J connectivity index is 1.85. The molecule has 0 radical (unpaired) electrons. The Morgan fingerprint density at radius 2 is 2.18 bits per heavy atom. The van der Waals surface area contributed by atoms with Crippen LogP contribution in [0, 0.1) is 6.92 Å². The smallest absolute Gasteiger partial charge is 0.233 e. The molecule has 3 rings (SSSR count). The van der Waals surface area contributed by atoms with Crippen LogP contribution in [0.3, 0.4) is 0 Å². The van der Waals surface area contributed by atoms with Gasteiger partial charge in [0.05, 0.1) is 24.7 Å². The van der Waals surface area contributed by atoms with Gasteiger partial charge in [-0.25, -0.2) is 0 Å². The van der Waals surface area contributed by atoms with Crippen molar-refractivity contribution in [2.75, 3.05) is 20.3 Å². The highest BCUT2D eigenvalue weighted by Gasteiger charge is 2.21. The van der Waals surface area contributed by atoms with Gasteiger partial charge in [0.2, 0.25) is 5.91 Å². The average molecular weight is 401 g/mol. The van der Waals surface area contributed by atoms with E-state index < -0.39 is 0 Å². The zero-order chi connectivity index (χ0) is 19.9. The number of carbonyl (C=O) groups is 1. The van der Waals surface area contributed by atoms with E-state index in [1.54, 1.807) is 13.4 Å². The molecule has 8 heteroatoms. The van der Waals surface area contributed by atoms with E-state index in [0.29, 0.717) is 24.9 Å². The number of nitrogens with one attached hydrogen (secondary N) is 1. The van der Waals surface area contributed by atoms with Gasteiger partial charge in [-0.1, -0.05) is 35.5 Å². The van der Waals surface area contributed by atoms with Crippen molar-refractivity contribution in [3.05, 3.63) is 54.0 Å². The van der Waals surface area contributed by atoms with Crippen LogP contribution in [0.1, 0.15) is 18.2 Å². The van der Waals surface area contributed by atoms with E-state index in [9.17, 15) is 4.79 Å². The van der Waals surface area contributed by atoms with E-state index in [-0.39, 0.29) is 11.2 Å². The number of aryl methyl sites for hydroxylation is 1. The third-order valence-corrected chi connectivity index (χ3v) is 5.22. The normalized spacial score (nSPS) is 12.1. The van der Waals surface area contributed by atoms with Gasteiger partial charge in [0.15, 0.2) is 11.0 Å². The summed E-state index contributed by atoms with van der Waals surface area (Å²) in [5.41, 5.74) is 2.12. The molecule has 1 atom stereocenters. The van der Waals surface area contributed by atoms with Crippen molar-refractivity contribution in [1.82, 2.24) is 20.1 Å². The summed E-state index contributed by atoms with van der Waals surface area (Å²) in [5.74, 6) is 1.48. The summed E-state index contributed by atoms with van der Waals surface area (Å²) in [6, 6.07) is 11.9. The highest BCUT2D eigenvalue weighted by Crippen LogP contribution is 2.28. The van der Waals surface area contributed by atoms with Gasteiger partial charge in [-0.15, -0.1) is 10.2 Å². The van der Waals surface area contributed by atoms with Crippen molar-refractivity contribution in [2.45, 2.75) is 30.8 Å². The Bertz CT molecular complexity index is 908. The van der Waals surface area contributed by atoms with Crippen molar-refractivity contribution in [3.8, 4) is 11.4 Å². The minimum atomic E-state index is -0.318. The van der Waals surface area contributed by atoms with Crippen LogP contribution < -0.4 is 5.32 Å². The second kappa shape index (κ2) is 9.57. The first kappa shape index (κ1) is 20.2. The lowest BCUT2D eigenvalue weighted by atomic mass is 10.1. The Morgan fingerprint density at radius 1 is 1.32 bits per heavy atom. The lowest BCUT2D eigenvalue weighted by molar-refractivity contribution is -0.120. The summed E-state index contributed by atoms with van der Waals surface area (Å²) in [7, 11) is 1.61. The first-order valence-corrected chi connectivity index (χ1v) is 9.92. The molecule has 2 aromatic heterocycles. The lowest BCUT2D eigenvalue weighted by Crippen LogP contribution is -2.33. The lowest BCUT2D eigenvalue weighted by Gasteiger charge is -2.13. The highest BCUT2D eigenvalue weighted by atomic mass is 32.2. The van der Waals surface area contributed by atoms with Crippen LogP contribution in [-0.4, -0.2) is 46.2 Å². The minimum Gasteiger partial charge on any atom is -0.467 e. The molecule has 1 N–H and O–H groups in total. The summed E-state index contributed by atoms with van der Waals surface area (Å²) < 4.78 is 12.5. The number of benzene rings is 1. The number of aromatic nitrogens is 3. The summed E-state index contributed by atoms with van der Waals surface area (Å²) >= 11 is 1.37. The van der Waals surface area contributed by atoms with Gasteiger partial charge in [0, 0.05) is 19.2 Å². The molecule has 0 aliphatic heterocycles. The van der Waals surface area contributed by atoms with Crippen molar-refractivity contribution < 1.29 is 13.9 Å². The molecule has 3 aromatic rings. The Morgan fingerprint density at radius 3 is 2.89 bits per heavy atom. The molecule has 148 valence electrons. The molecule has 0 aliphatic carbocycles. The molecule has 0 saturated carbocycles. The van der Waals surface area contributed by atoms with Gasteiger partial charge in [-0.3, -0.25) is 9.36 Å². The maximum atomic E-state index is 12.3. The van der Waals surface area contributed by atoms with Crippen LogP contribution in [0.5, 0.6) is 0 Å². The molecule has 0 bridgehead atoms. The molecule has 7 nitrogen and oxygen atoms in total. The van der Waals surface area contributed by atoms with Gasteiger partial charge in [0.1, 0.15) is 5.76 Å². The van der Waals surface area contributed by atoms with Crippen LogP contribution in [0.4, 0.5) is 0 Å². The number of hydrogen-bond acceptors (Lipinski definition) is 6. The zero-order valence-electron chi connectivity index (χ0n) is 16.2. The van der Waals surface area contributed by atoms with Crippen LogP contribution in [-0.2, 0) is 16.1 Å². The van der Waals surface area contributed by atoms with Crippen LogP contribution in [0.15, 0.2) is 52.2 Å². The fraction of sp³-hybridized carbons (Fsp3) is 0.350. The number of rotatable bonds is 9. The number of methoxy groups -OCH3 is 1. The van der Waals surface area contributed by atoms with E-state index in [0.717, 1.165) is 22.7 Å². The monoisotopic (exact) mass is 400 g/mol. The van der Waals surface area contributed by atoms with Crippen molar-refractivity contribution in [1.29, 1.82) is 0 Å². The number of ether oxygens (including phenoxy) is 1. The predicted octanol–water partition coefficient (Wildman–Crippen LogP) is 3.14. The largest absolute Gasteiger partial charge is 0.467 e. The number of amides is 1. The first-order valence-electron chi connectivity index (χ1n) is 9.04. The average Bonchev–Trinajstić information content (AvgIpc) is 3.33. The van der Waals surface area contributed by atoms with E-state index in [1.807, 2.05) is 48.7 Å². The second-order valence-electron chi connectivity index (χ2n) is 6.39. The van der Waals surface area contributed by atoms with E-state index in [4.69, 9.17) is 9.15 Å². The topological polar surface area (TPSA) is 82.2 Å². The maximum absolute atomic E-state index is 12.3. The van der Waals surface area contributed by atoms with Gasteiger partial charge in [0.25, 0.3) is 0 Å². The predicted molar refractivity (Wildman–Crippen MR) is 108 cm³/mol. The Hall–Kier alpha value is -2.58. The molecule has 2 heterocycles. The van der Waals surface area contributed by atoms with Crippen molar-refractivity contribution >= 4 is 17.7 Å². The maximum Gasteiger partial charge on any atom is 0.233 e. The fourth-order valence-corrected chi connectivity index (χ4v) is 3.58. The summed E-state index contributed by atoms with van der Waals surface area (Å²) in [6.45, 7) is 5.34. The van der Waals surface area contributed by atoms with E-state index in [2.05, 4.69) is 21.6 Å². The van der Waals surface area contributed by atoms with Gasteiger partial charge in [-0.05, 0) is 32.0 Å². The quantitative estimate of drug-likeness (QED) is 0.439. The molecule has 0 unspecified atom stereocenters. The van der Waals surface area contributed by atoms with Gasteiger partial charge < -0.3 is 14.5 Å². The molecule has 28 heavy (non-hydrogen) atoms. The van der Waals surface area contributed by atoms with Crippen LogP contribution in [0.2, 0.25) is 0 Å². The van der Waals surface area contributed by atoms with Crippen LogP contribution in [0.25, 0.3) is 11.4 Å². The highest BCUT2D eigenvalue weighted by molar-refractivity contribution is 8.00. The summed E-state index contributed by atoms with van der Waals surface area (Å²) in [5, 5.41) is 12.0. The van der Waals surface area contributed by atoms with Crippen molar-refractivity contribution in [3.63, 3.8) is 0 Å². The second-order valence-corrected chi connectivity index (χ2v) is 7.69. The molecule has 0 fully saturated rings. The fourth-order valence-electron chi connectivity index (χ4n) is 2.71. The van der Waals surface area contributed by atoms with E-state index in [1.165, 1.54) is 11.8 Å².